The number of hydrogen-bond acceptors (Lipinski definition) is 5. The van der Waals surface area contributed by atoms with E-state index in [-0.39, 0.29) is 10.4 Å². The number of aryl methyl sites for hydroxylation is 2. The summed E-state index contributed by atoms with van der Waals surface area (Å²) in [5.74, 6) is 0.983. The second kappa shape index (κ2) is 10.2. The maximum Gasteiger partial charge on any atom is 0.261 e. The molecule has 1 unspecified atom stereocenters. The standard InChI is InChI=1S/C27H32N4O3S/c1-20-29-24-14-7-8-15-25(24)31(20)17-16-27(2,3)28-19-26(32)21-10-9-11-22(18-21)30-35(33,34)23-12-5-4-6-13-23/h4-15,18,26,28,30,32H,16-17,19H2,1-3H3. The lowest BCUT2D eigenvalue weighted by Gasteiger charge is -2.28. The van der Waals surface area contributed by atoms with Crippen molar-refractivity contribution in [1.29, 1.82) is 0 Å². The Morgan fingerprint density at radius 2 is 1.71 bits per heavy atom. The van der Waals surface area contributed by atoms with Gasteiger partial charge in [-0.3, -0.25) is 4.72 Å². The molecule has 0 aliphatic carbocycles. The molecule has 7 nitrogen and oxygen atoms in total. The molecule has 8 heteroatoms. The topological polar surface area (TPSA) is 96.2 Å². The molecule has 4 rings (SSSR count). The van der Waals surface area contributed by atoms with Crippen molar-refractivity contribution in [3.63, 3.8) is 0 Å². The lowest BCUT2D eigenvalue weighted by Crippen LogP contribution is -2.42. The third-order valence-corrected chi connectivity index (χ3v) is 7.55. The molecule has 3 N–H and O–H groups in total. The fourth-order valence-electron chi connectivity index (χ4n) is 4.07. The lowest BCUT2D eigenvalue weighted by atomic mass is 9.99. The van der Waals surface area contributed by atoms with Crippen LogP contribution in [-0.2, 0) is 16.6 Å². The molecule has 1 atom stereocenters. The Kier molecular flexibility index (Phi) is 7.25. The predicted molar refractivity (Wildman–Crippen MR) is 140 cm³/mol. The van der Waals surface area contributed by atoms with Crippen molar-refractivity contribution in [3.05, 3.63) is 90.3 Å². The van der Waals surface area contributed by atoms with Crippen LogP contribution in [0.15, 0.2) is 83.8 Å². The summed E-state index contributed by atoms with van der Waals surface area (Å²) in [7, 11) is -3.69. The largest absolute Gasteiger partial charge is 0.387 e. The minimum Gasteiger partial charge on any atom is -0.387 e. The molecule has 184 valence electrons. The molecular formula is C27H32N4O3S. The van der Waals surface area contributed by atoms with E-state index in [2.05, 4.69) is 39.5 Å². The van der Waals surface area contributed by atoms with Crippen LogP contribution in [-0.4, -0.2) is 35.2 Å². The van der Waals surface area contributed by atoms with Gasteiger partial charge >= 0.3 is 0 Å². The molecule has 0 aliphatic rings. The third-order valence-electron chi connectivity index (χ3n) is 6.16. The molecule has 0 amide bonds. The zero-order chi connectivity index (χ0) is 25.1. The number of fused-ring (bicyclic) bond motifs is 1. The van der Waals surface area contributed by atoms with Crippen molar-refractivity contribution in [2.45, 2.75) is 50.3 Å². The molecule has 1 aromatic heterocycles. The highest BCUT2D eigenvalue weighted by Crippen LogP contribution is 2.22. The maximum absolute atomic E-state index is 12.6. The Hall–Kier alpha value is -3.20. The van der Waals surface area contributed by atoms with Crippen LogP contribution in [0.25, 0.3) is 11.0 Å². The molecule has 1 heterocycles. The van der Waals surface area contributed by atoms with E-state index in [0.717, 1.165) is 29.8 Å². The molecule has 0 bridgehead atoms. The van der Waals surface area contributed by atoms with E-state index in [9.17, 15) is 13.5 Å². The van der Waals surface area contributed by atoms with Crippen LogP contribution >= 0.6 is 0 Å². The number of β-amino-alcohol motifs (C(OH)–C–C–N with tert-alkyl or cyclic N) is 1. The number of para-hydroxylation sites is 2. The fraction of sp³-hybridized carbons (Fsp3) is 0.296. The number of sulfonamides is 1. The summed E-state index contributed by atoms with van der Waals surface area (Å²) in [5, 5.41) is 14.3. The van der Waals surface area contributed by atoms with Crippen molar-refractivity contribution in [2.75, 3.05) is 11.3 Å². The smallest absolute Gasteiger partial charge is 0.261 e. The van der Waals surface area contributed by atoms with Crippen molar-refractivity contribution in [1.82, 2.24) is 14.9 Å². The van der Waals surface area contributed by atoms with E-state index < -0.39 is 16.1 Å². The van der Waals surface area contributed by atoms with Gasteiger partial charge in [0, 0.05) is 24.3 Å². The van der Waals surface area contributed by atoms with Crippen LogP contribution in [0.4, 0.5) is 5.69 Å². The maximum atomic E-state index is 12.6. The monoisotopic (exact) mass is 492 g/mol. The number of benzene rings is 3. The van der Waals surface area contributed by atoms with Gasteiger partial charge in [-0.2, -0.15) is 0 Å². The molecule has 35 heavy (non-hydrogen) atoms. The zero-order valence-corrected chi connectivity index (χ0v) is 21.1. The second-order valence-electron chi connectivity index (χ2n) is 9.37. The first-order valence-corrected chi connectivity index (χ1v) is 13.2. The normalized spacial score (nSPS) is 13.1. The lowest BCUT2D eigenvalue weighted by molar-refractivity contribution is 0.158. The number of nitrogens with zero attached hydrogens (tertiary/aromatic N) is 2. The van der Waals surface area contributed by atoms with E-state index in [1.165, 1.54) is 0 Å². The van der Waals surface area contributed by atoms with Gasteiger partial charge in [-0.1, -0.05) is 42.5 Å². The Labute approximate surface area is 206 Å². The molecule has 0 saturated carbocycles. The van der Waals surface area contributed by atoms with E-state index in [0.29, 0.717) is 17.8 Å². The molecule has 0 radical (unpaired) electrons. The van der Waals surface area contributed by atoms with E-state index in [1.807, 2.05) is 25.1 Å². The van der Waals surface area contributed by atoms with Gasteiger partial charge in [0.25, 0.3) is 10.0 Å². The van der Waals surface area contributed by atoms with Crippen molar-refractivity contribution in [2.24, 2.45) is 0 Å². The number of rotatable bonds is 10. The van der Waals surface area contributed by atoms with Crippen LogP contribution in [0.3, 0.4) is 0 Å². The molecule has 3 aromatic carbocycles. The summed E-state index contributed by atoms with van der Waals surface area (Å²) in [6, 6.07) is 23.2. The third kappa shape index (κ3) is 6.08. The first-order chi connectivity index (χ1) is 16.6. The Morgan fingerprint density at radius 3 is 2.49 bits per heavy atom. The summed E-state index contributed by atoms with van der Waals surface area (Å²) in [5.41, 5.74) is 2.93. The Balaban J connectivity index is 1.37. The van der Waals surface area contributed by atoms with Crippen molar-refractivity contribution in [3.8, 4) is 0 Å². The molecule has 0 saturated heterocycles. The van der Waals surface area contributed by atoms with Crippen LogP contribution in [0.5, 0.6) is 0 Å². The van der Waals surface area contributed by atoms with Crippen molar-refractivity contribution < 1.29 is 13.5 Å². The fourth-order valence-corrected chi connectivity index (χ4v) is 5.14. The molecular weight excluding hydrogens is 460 g/mol. The molecule has 0 aliphatic heterocycles. The highest BCUT2D eigenvalue weighted by atomic mass is 32.2. The van der Waals surface area contributed by atoms with Gasteiger partial charge in [0.2, 0.25) is 0 Å². The summed E-state index contributed by atoms with van der Waals surface area (Å²) in [6.07, 6.45) is 0.0592. The minimum atomic E-state index is -3.69. The quantitative estimate of drug-likeness (QED) is 0.300. The summed E-state index contributed by atoms with van der Waals surface area (Å²) in [6.45, 7) is 7.38. The van der Waals surface area contributed by atoms with Gasteiger partial charge < -0.3 is 15.0 Å². The van der Waals surface area contributed by atoms with E-state index in [1.54, 1.807) is 54.6 Å². The first kappa shape index (κ1) is 24.9. The Bertz CT molecular complexity index is 1400. The number of aliphatic hydroxyl groups excluding tert-OH is 1. The number of aromatic nitrogens is 2. The zero-order valence-electron chi connectivity index (χ0n) is 20.3. The second-order valence-corrected chi connectivity index (χ2v) is 11.1. The van der Waals surface area contributed by atoms with E-state index >= 15 is 0 Å². The minimum absolute atomic E-state index is 0.190. The number of aliphatic hydroxyl groups is 1. The number of anilines is 1. The van der Waals surface area contributed by atoms with Gasteiger partial charge in [0.05, 0.1) is 22.0 Å². The highest BCUT2D eigenvalue weighted by Gasteiger charge is 2.21. The molecule has 0 fully saturated rings. The van der Waals surface area contributed by atoms with Gasteiger partial charge in [-0.05, 0) is 69.2 Å². The average molecular weight is 493 g/mol. The van der Waals surface area contributed by atoms with Gasteiger partial charge in [0.15, 0.2) is 0 Å². The summed E-state index contributed by atoms with van der Waals surface area (Å²) >= 11 is 0. The molecule has 4 aromatic rings. The van der Waals surface area contributed by atoms with Gasteiger partial charge in [0.1, 0.15) is 5.82 Å². The highest BCUT2D eigenvalue weighted by molar-refractivity contribution is 7.92. The van der Waals surface area contributed by atoms with Crippen LogP contribution in [0, 0.1) is 6.92 Å². The number of hydrogen-bond donors (Lipinski definition) is 3. The van der Waals surface area contributed by atoms with Gasteiger partial charge in [-0.25, -0.2) is 13.4 Å². The number of imidazole rings is 1. The van der Waals surface area contributed by atoms with Gasteiger partial charge in [-0.15, -0.1) is 0 Å². The summed E-state index contributed by atoms with van der Waals surface area (Å²) in [4.78, 5) is 4.82. The van der Waals surface area contributed by atoms with Crippen molar-refractivity contribution >= 4 is 26.7 Å². The van der Waals surface area contributed by atoms with Crippen LogP contribution < -0.4 is 10.0 Å². The predicted octanol–water partition coefficient (Wildman–Crippen LogP) is 4.64. The molecule has 0 spiro atoms. The SMILES string of the molecule is Cc1nc2ccccc2n1CCC(C)(C)NCC(O)c1cccc(NS(=O)(=O)c2ccccc2)c1. The average Bonchev–Trinajstić information content (AvgIpc) is 3.16. The summed E-state index contributed by atoms with van der Waals surface area (Å²) < 4.78 is 30.1. The van der Waals surface area contributed by atoms with Crippen LogP contribution in [0.2, 0.25) is 0 Å². The van der Waals surface area contributed by atoms with E-state index in [4.69, 9.17) is 0 Å². The van der Waals surface area contributed by atoms with Crippen LogP contribution in [0.1, 0.15) is 37.8 Å². The Morgan fingerprint density at radius 1 is 1.00 bits per heavy atom. The number of nitrogens with one attached hydrogen (secondary N) is 2. The first-order valence-electron chi connectivity index (χ1n) is 11.7.